The number of benzene rings is 1. The van der Waals surface area contributed by atoms with Gasteiger partial charge in [0.25, 0.3) is 0 Å². The number of aromatic carboxylic acids is 1. The molecule has 38 heavy (non-hydrogen) atoms. The van der Waals surface area contributed by atoms with Crippen LogP contribution in [0.3, 0.4) is 0 Å². The Morgan fingerprint density at radius 3 is 2.34 bits per heavy atom. The zero-order chi connectivity index (χ0) is 27.0. The van der Waals surface area contributed by atoms with Crippen LogP contribution in [0.15, 0.2) is 53.4 Å². The molecular formula is C28H25FN4O5. The fourth-order valence-electron chi connectivity index (χ4n) is 4.58. The molecule has 9 nitrogen and oxygen atoms in total. The second kappa shape index (κ2) is 9.97. The summed E-state index contributed by atoms with van der Waals surface area (Å²) in [6.45, 7) is 7.90. The summed E-state index contributed by atoms with van der Waals surface area (Å²) in [7, 11) is 0. The van der Waals surface area contributed by atoms with Gasteiger partial charge in [-0.3, -0.25) is 4.98 Å². The van der Waals surface area contributed by atoms with E-state index in [1.54, 1.807) is 12.3 Å². The number of aryl methyl sites for hydroxylation is 2. The molecule has 0 aliphatic rings. The van der Waals surface area contributed by atoms with Crippen molar-refractivity contribution < 1.29 is 28.3 Å². The number of nitrogens with zero attached hydrogens (tertiary/aromatic N) is 4. The van der Waals surface area contributed by atoms with Crippen molar-refractivity contribution in [2.24, 2.45) is 0 Å². The molecule has 1 aromatic carbocycles. The number of hydrogen-bond acceptors (Lipinski definition) is 7. The minimum absolute atomic E-state index is 0.0306. The lowest BCUT2D eigenvalue weighted by Crippen LogP contribution is -2.07. The molecule has 4 aromatic heterocycles. The van der Waals surface area contributed by atoms with E-state index in [9.17, 15) is 14.3 Å². The molecule has 0 aliphatic carbocycles. The smallest absolute Gasteiger partial charge is 0.335 e. The van der Waals surface area contributed by atoms with Crippen molar-refractivity contribution in [1.82, 2.24) is 19.7 Å². The summed E-state index contributed by atoms with van der Waals surface area (Å²) in [4.78, 5) is 20.3. The lowest BCUT2D eigenvalue weighted by Gasteiger charge is -2.18. The van der Waals surface area contributed by atoms with Gasteiger partial charge in [-0.1, -0.05) is 5.16 Å². The maximum absolute atomic E-state index is 14.1. The third kappa shape index (κ3) is 4.34. The first-order valence-corrected chi connectivity index (χ1v) is 12.1. The van der Waals surface area contributed by atoms with Crippen LogP contribution in [0.2, 0.25) is 0 Å². The summed E-state index contributed by atoms with van der Waals surface area (Å²) in [6, 6.07) is 7.90. The Morgan fingerprint density at radius 2 is 1.76 bits per heavy atom. The topological polar surface area (TPSA) is 113 Å². The third-order valence-electron chi connectivity index (χ3n) is 6.13. The van der Waals surface area contributed by atoms with Crippen LogP contribution in [0.1, 0.15) is 35.7 Å². The van der Waals surface area contributed by atoms with Gasteiger partial charge in [0.1, 0.15) is 22.9 Å². The van der Waals surface area contributed by atoms with Crippen molar-refractivity contribution in [3.63, 3.8) is 0 Å². The zero-order valence-corrected chi connectivity index (χ0v) is 21.3. The minimum Gasteiger partial charge on any atom is -0.492 e. The van der Waals surface area contributed by atoms with Crippen LogP contribution in [0.4, 0.5) is 4.39 Å². The Balaban J connectivity index is 1.87. The maximum Gasteiger partial charge on any atom is 0.335 e. The Kier molecular flexibility index (Phi) is 6.54. The van der Waals surface area contributed by atoms with E-state index in [0.29, 0.717) is 64.0 Å². The molecule has 0 fully saturated rings. The summed E-state index contributed by atoms with van der Waals surface area (Å²) in [5.41, 5.74) is 5.34. The summed E-state index contributed by atoms with van der Waals surface area (Å²) in [5, 5.41) is 13.8. The number of carbonyl (C=O) groups is 1. The van der Waals surface area contributed by atoms with Crippen LogP contribution in [0.25, 0.3) is 39.0 Å². The lowest BCUT2D eigenvalue weighted by atomic mass is 10.0. The van der Waals surface area contributed by atoms with Crippen molar-refractivity contribution in [3.8, 4) is 39.4 Å². The van der Waals surface area contributed by atoms with Crippen LogP contribution in [0, 0.1) is 19.8 Å². The first-order valence-electron chi connectivity index (χ1n) is 12.1. The molecule has 0 unspecified atom stereocenters. The predicted octanol–water partition coefficient (Wildman–Crippen LogP) is 5.99. The molecule has 4 heterocycles. The van der Waals surface area contributed by atoms with Gasteiger partial charge >= 0.3 is 5.97 Å². The average molecular weight is 517 g/mol. The van der Waals surface area contributed by atoms with Gasteiger partial charge in [0.05, 0.1) is 35.5 Å². The number of aromatic nitrogens is 4. The van der Waals surface area contributed by atoms with Crippen LogP contribution in [-0.4, -0.2) is 44.0 Å². The number of fused-ring (bicyclic) bond motifs is 1. The van der Waals surface area contributed by atoms with E-state index in [-0.39, 0.29) is 5.56 Å². The average Bonchev–Trinajstić information content (AvgIpc) is 3.43. The molecule has 5 rings (SSSR count). The van der Waals surface area contributed by atoms with Crippen LogP contribution >= 0.6 is 0 Å². The van der Waals surface area contributed by atoms with Crippen molar-refractivity contribution in [2.75, 3.05) is 13.2 Å². The number of carboxylic acid groups (broad SMARTS) is 1. The van der Waals surface area contributed by atoms with E-state index in [1.807, 2.05) is 44.5 Å². The molecule has 0 amide bonds. The van der Waals surface area contributed by atoms with Gasteiger partial charge in [-0.05, 0) is 57.5 Å². The van der Waals surface area contributed by atoms with E-state index in [0.717, 1.165) is 11.1 Å². The van der Waals surface area contributed by atoms with Crippen molar-refractivity contribution >= 4 is 17.0 Å². The van der Waals surface area contributed by atoms with Crippen molar-refractivity contribution in [3.05, 3.63) is 71.9 Å². The highest BCUT2D eigenvalue weighted by atomic mass is 19.1. The van der Waals surface area contributed by atoms with E-state index in [1.165, 1.54) is 24.4 Å². The lowest BCUT2D eigenvalue weighted by molar-refractivity contribution is 0.0695. The number of rotatable bonds is 8. The van der Waals surface area contributed by atoms with E-state index in [2.05, 4.69) is 10.1 Å². The number of hydrogen-bond donors (Lipinski definition) is 1. The highest BCUT2D eigenvalue weighted by molar-refractivity contribution is 5.97. The fourth-order valence-corrected chi connectivity index (χ4v) is 4.58. The van der Waals surface area contributed by atoms with Crippen molar-refractivity contribution in [2.45, 2.75) is 27.7 Å². The maximum atomic E-state index is 14.1. The molecule has 0 saturated heterocycles. The second-order valence-corrected chi connectivity index (χ2v) is 8.56. The molecule has 1 N–H and O–H groups in total. The fraction of sp³-hybridized carbons (Fsp3) is 0.214. The zero-order valence-electron chi connectivity index (χ0n) is 21.3. The Hall–Kier alpha value is -4.73. The normalized spacial score (nSPS) is 11.2. The number of halogens is 1. The van der Waals surface area contributed by atoms with Crippen LogP contribution in [-0.2, 0) is 0 Å². The molecular weight excluding hydrogens is 491 g/mol. The highest BCUT2D eigenvalue weighted by Crippen LogP contribution is 2.41. The molecule has 0 saturated carbocycles. The molecule has 194 valence electrons. The molecule has 0 aliphatic heterocycles. The summed E-state index contributed by atoms with van der Waals surface area (Å²) in [6.07, 6.45) is 4.93. The van der Waals surface area contributed by atoms with Gasteiger partial charge in [-0.25, -0.2) is 9.78 Å². The molecule has 0 spiro atoms. The second-order valence-electron chi connectivity index (χ2n) is 8.56. The highest BCUT2D eigenvalue weighted by Gasteiger charge is 2.23. The summed E-state index contributed by atoms with van der Waals surface area (Å²) in [5.74, 6) is -0.433. The molecule has 5 aromatic rings. The minimum atomic E-state index is -1.11. The monoisotopic (exact) mass is 516 g/mol. The van der Waals surface area contributed by atoms with E-state index >= 15 is 0 Å². The first kappa shape index (κ1) is 24.9. The van der Waals surface area contributed by atoms with Crippen LogP contribution in [0.5, 0.6) is 11.5 Å². The van der Waals surface area contributed by atoms with Crippen LogP contribution < -0.4 is 9.47 Å². The summed E-state index contributed by atoms with van der Waals surface area (Å²) < 4.78 is 33.2. The van der Waals surface area contributed by atoms with Gasteiger partial charge < -0.3 is 23.7 Å². The van der Waals surface area contributed by atoms with Gasteiger partial charge in [-0.15, -0.1) is 0 Å². The molecule has 0 atom stereocenters. The Morgan fingerprint density at radius 1 is 1.05 bits per heavy atom. The predicted molar refractivity (Wildman–Crippen MR) is 139 cm³/mol. The number of pyridine rings is 2. The summed E-state index contributed by atoms with van der Waals surface area (Å²) >= 11 is 0. The van der Waals surface area contributed by atoms with E-state index < -0.39 is 11.9 Å². The van der Waals surface area contributed by atoms with Crippen molar-refractivity contribution in [1.29, 1.82) is 0 Å². The largest absolute Gasteiger partial charge is 0.492 e. The standard InChI is InChI=1S/C28H25FN4O5/c1-5-36-22-10-18(28(34)35)11-23(37-6-2)27(22)33-14-20(17-7-8-30-24(29)12-17)26-21(33)9-19(13-31-26)25-15(3)32-38-16(25)4/h7-14H,5-6H2,1-4H3,(H,34,35). The van der Waals surface area contributed by atoms with Gasteiger partial charge in [0.2, 0.25) is 5.95 Å². The molecule has 0 bridgehead atoms. The first-order chi connectivity index (χ1) is 18.3. The Labute approximate surface area is 217 Å². The molecule has 10 heteroatoms. The quantitative estimate of drug-likeness (QED) is 0.250. The SMILES string of the molecule is CCOc1cc(C(=O)O)cc(OCC)c1-n1cc(-c2ccnc(F)c2)c2ncc(-c3c(C)noc3C)cc21. The Bertz CT molecular complexity index is 1630. The van der Waals surface area contributed by atoms with Gasteiger partial charge in [-0.2, -0.15) is 4.39 Å². The molecule has 0 radical (unpaired) electrons. The third-order valence-corrected chi connectivity index (χ3v) is 6.13. The number of ether oxygens (including phenoxy) is 2. The van der Waals surface area contributed by atoms with Gasteiger partial charge in [0, 0.05) is 41.3 Å². The number of carboxylic acids is 1. The van der Waals surface area contributed by atoms with Gasteiger partial charge in [0.15, 0.2) is 0 Å². The van der Waals surface area contributed by atoms with E-state index in [4.69, 9.17) is 19.0 Å².